The van der Waals surface area contributed by atoms with Crippen molar-refractivity contribution >= 4 is 18.7 Å². The lowest BCUT2D eigenvalue weighted by Crippen LogP contribution is -2.66. The number of methoxy groups -OCH3 is 1. The summed E-state index contributed by atoms with van der Waals surface area (Å²) in [5.74, 6) is 0.842. The van der Waals surface area contributed by atoms with Crippen LogP contribution in [0.4, 0.5) is 0 Å². The lowest BCUT2D eigenvalue weighted by atomic mass is 10.2. The Kier molecular flexibility index (Phi) is 10.5. The van der Waals surface area contributed by atoms with E-state index >= 15 is 0 Å². The lowest BCUT2D eigenvalue weighted by molar-refractivity contribution is 0.125. The first-order valence-corrected chi connectivity index (χ1v) is 14.6. The third-order valence-corrected chi connectivity index (χ3v) is 11.4. The van der Waals surface area contributed by atoms with Crippen LogP contribution in [0.15, 0.2) is 97.1 Å². The summed E-state index contributed by atoms with van der Waals surface area (Å²) in [4.78, 5) is 0. The van der Waals surface area contributed by atoms with Crippen LogP contribution in [-0.2, 0) is 15.8 Å². The highest BCUT2D eigenvalue weighted by Gasteiger charge is 2.49. The second-order valence-corrected chi connectivity index (χ2v) is 14.3. The molecular formula is C31H40O4Si. The highest BCUT2D eigenvalue weighted by atomic mass is 28.4. The maximum absolute atomic E-state index is 10.6. The molecule has 3 rings (SSSR count). The van der Waals surface area contributed by atoms with E-state index < -0.39 is 14.4 Å². The molecule has 4 nitrogen and oxygen atoms in total. The Morgan fingerprint density at radius 2 is 1.42 bits per heavy atom. The second-order valence-electron chi connectivity index (χ2n) is 9.99. The molecule has 0 saturated heterocycles. The first kappa shape index (κ1) is 27.9. The number of benzene rings is 3. The van der Waals surface area contributed by atoms with Crippen molar-refractivity contribution < 1.29 is 19.0 Å². The Bertz CT molecular complexity index is 1000. The van der Waals surface area contributed by atoms with Gasteiger partial charge in [-0.15, -0.1) is 0 Å². The van der Waals surface area contributed by atoms with Gasteiger partial charge in [-0.05, 0) is 45.9 Å². The van der Waals surface area contributed by atoms with E-state index in [1.807, 2.05) is 48.6 Å². The number of hydrogen-bond donors (Lipinski definition) is 1. The molecule has 1 atom stereocenters. The zero-order valence-electron chi connectivity index (χ0n) is 22.0. The molecule has 1 N–H and O–H groups in total. The molecule has 5 heteroatoms. The summed E-state index contributed by atoms with van der Waals surface area (Å²) in [6, 6.07) is 29.1. The highest BCUT2D eigenvalue weighted by Crippen LogP contribution is 2.36. The van der Waals surface area contributed by atoms with Gasteiger partial charge in [0.05, 0.1) is 26.4 Å². The van der Waals surface area contributed by atoms with Crippen LogP contribution in [0, 0.1) is 0 Å². The summed E-state index contributed by atoms with van der Waals surface area (Å²) in [6.07, 6.45) is 4.59. The summed E-state index contributed by atoms with van der Waals surface area (Å²) < 4.78 is 17.8. The molecule has 0 radical (unpaired) electrons. The van der Waals surface area contributed by atoms with E-state index in [1.165, 1.54) is 10.4 Å². The Labute approximate surface area is 217 Å². The predicted molar refractivity (Wildman–Crippen MR) is 151 cm³/mol. The molecule has 0 aliphatic rings. The summed E-state index contributed by atoms with van der Waals surface area (Å²) >= 11 is 0. The Balaban J connectivity index is 1.53. The van der Waals surface area contributed by atoms with Crippen LogP contribution < -0.4 is 15.1 Å². The molecule has 0 aromatic heterocycles. The minimum Gasteiger partial charge on any atom is -0.497 e. The van der Waals surface area contributed by atoms with Crippen LogP contribution in [0.3, 0.4) is 0 Å². The van der Waals surface area contributed by atoms with Crippen molar-refractivity contribution in [3.8, 4) is 5.75 Å². The van der Waals surface area contributed by atoms with E-state index in [4.69, 9.17) is 13.9 Å². The minimum atomic E-state index is -2.57. The second kappa shape index (κ2) is 13.6. The van der Waals surface area contributed by atoms with Crippen LogP contribution >= 0.6 is 0 Å². The van der Waals surface area contributed by atoms with E-state index in [-0.39, 0.29) is 5.04 Å². The van der Waals surface area contributed by atoms with E-state index in [2.05, 4.69) is 69.3 Å². The number of rotatable bonds is 13. The molecule has 0 saturated carbocycles. The Morgan fingerprint density at radius 3 is 1.94 bits per heavy atom. The highest BCUT2D eigenvalue weighted by molar-refractivity contribution is 6.99. The molecule has 36 heavy (non-hydrogen) atoms. The average molecular weight is 505 g/mol. The fraction of sp³-hybridized carbons (Fsp3) is 0.355. The Hall–Kier alpha value is -2.70. The Morgan fingerprint density at radius 1 is 0.833 bits per heavy atom. The van der Waals surface area contributed by atoms with Crippen LogP contribution in [0.25, 0.3) is 0 Å². The van der Waals surface area contributed by atoms with Crippen molar-refractivity contribution in [3.05, 3.63) is 103 Å². The third-order valence-electron chi connectivity index (χ3n) is 6.36. The van der Waals surface area contributed by atoms with Crippen molar-refractivity contribution in [1.82, 2.24) is 0 Å². The number of aliphatic hydroxyl groups is 1. The van der Waals surface area contributed by atoms with Gasteiger partial charge in [-0.2, -0.15) is 0 Å². The summed E-state index contributed by atoms with van der Waals surface area (Å²) in [6.45, 7) is 8.46. The molecule has 0 aliphatic carbocycles. The van der Waals surface area contributed by atoms with Gasteiger partial charge in [0, 0.05) is 6.61 Å². The average Bonchev–Trinajstić information content (AvgIpc) is 2.89. The van der Waals surface area contributed by atoms with Crippen molar-refractivity contribution in [2.24, 2.45) is 0 Å². The van der Waals surface area contributed by atoms with Gasteiger partial charge in [0.1, 0.15) is 5.75 Å². The molecule has 0 amide bonds. The topological polar surface area (TPSA) is 47.9 Å². The zero-order valence-corrected chi connectivity index (χ0v) is 23.0. The quantitative estimate of drug-likeness (QED) is 0.190. The smallest absolute Gasteiger partial charge is 0.261 e. The number of ether oxygens (including phenoxy) is 2. The molecule has 0 unspecified atom stereocenters. The largest absolute Gasteiger partial charge is 0.497 e. The monoisotopic (exact) mass is 504 g/mol. The minimum absolute atomic E-state index is 0.0717. The molecule has 0 fully saturated rings. The SMILES string of the molecule is COc1ccc(COCC/C=C/[C@@H](O)CCO[Si](c2ccccc2)(c2ccccc2)C(C)(C)C)cc1. The van der Waals surface area contributed by atoms with Gasteiger partial charge in [-0.3, -0.25) is 0 Å². The van der Waals surface area contributed by atoms with Crippen LogP contribution in [0.2, 0.25) is 5.04 Å². The van der Waals surface area contributed by atoms with E-state index in [0.29, 0.717) is 26.2 Å². The first-order chi connectivity index (χ1) is 17.4. The number of hydrogen-bond acceptors (Lipinski definition) is 4. The van der Waals surface area contributed by atoms with Gasteiger partial charge in [-0.1, -0.05) is 106 Å². The van der Waals surface area contributed by atoms with Gasteiger partial charge in [0.15, 0.2) is 0 Å². The van der Waals surface area contributed by atoms with Crippen molar-refractivity contribution in [2.75, 3.05) is 20.3 Å². The van der Waals surface area contributed by atoms with Gasteiger partial charge in [0.25, 0.3) is 8.32 Å². The van der Waals surface area contributed by atoms with Gasteiger partial charge in [-0.25, -0.2) is 0 Å². The van der Waals surface area contributed by atoms with Crippen molar-refractivity contribution in [2.45, 2.75) is 51.4 Å². The first-order valence-electron chi connectivity index (χ1n) is 12.7. The molecule has 0 spiro atoms. The maximum Gasteiger partial charge on any atom is 0.261 e. The lowest BCUT2D eigenvalue weighted by Gasteiger charge is -2.43. The van der Waals surface area contributed by atoms with Crippen molar-refractivity contribution in [1.29, 1.82) is 0 Å². The molecule has 0 bridgehead atoms. The van der Waals surface area contributed by atoms with Crippen LogP contribution in [0.1, 0.15) is 39.2 Å². The van der Waals surface area contributed by atoms with E-state index in [1.54, 1.807) is 7.11 Å². The summed E-state index contributed by atoms with van der Waals surface area (Å²) in [5.41, 5.74) is 1.11. The molecule has 0 heterocycles. The molecule has 192 valence electrons. The fourth-order valence-corrected chi connectivity index (χ4v) is 9.09. The van der Waals surface area contributed by atoms with Crippen molar-refractivity contribution in [3.63, 3.8) is 0 Å². The zero-order chi connectivity index (χ0) is 25.9. The molecule has 0 aliphatic heterocycles. The van der Waals surface area contributed by atoms with Crippen LogP contribution in [0.5, 0.6) is 5.75 Å². The van der Waals surface area contributed by atoms with Gasteiger partial charge >= 0.3 is 0 Å². The summed E-state index contributed by atoms with van der Waals surface area (Å²) in [5, 5.41) is 13.0. The number of aliphatic hydroxyl groups excluding tert-OH is 1. The normalized spacial score (nSPS) is 13.1. The summed E-state index contributed by atoms with van der Waals surface area (Å²) in [7, 11) is -0.906. The maximum atomic E-state index is 10.6. The van der Waals surface area contributed by atoms with E-state index in [0.717, 1.165) is 17.7 Å². The fourth-order valence-electron chi connectivity index (χ4n) is 4.51. The molecular weight excluding hydrogens is 464 g/mol. The van der Waals surface area contributed by atoms with Gasteiger partial charge < -0.3 is 19.0 Å². The van der Waals surface area contributed by atoms with Gasteiger partial charge in [0.2, 0.25) is 0 Å². The third kappa shape index (κ3) is 7.40. The molecule has 3 aromatic rings. The van der Waals surface area contributed by atoms with E-state index in [9.17, 15) is 5.11 Å². The predicted octanol–water partition coefficient (Wildman–Crippen LogP) is 5.49. The van der Waals surface area contributed by atoms with Crippen LogP contribution in [-0.4, -0.2) is 39.9 Å². The molecule has 3 aromatic carbocycles. The standard InChI is InChI=1S/C31H40O4Si/c1-31(2,3)36(29-14-7-5-8-15-29,30-16-9-6-10-17-30)35-24-22-27(32)13-11-12-23-34-25-26-18-20-28(33-4)21-19-26/h5-11,13-21,27,32H,12,22-25H2,1-4H3/b13-11+/t27-/m1/s1.